The lowest BCUT2D eigenvalue weighted by Gasteiger charge is -2.22. The molecule has 20 heteroatoms. The van der Waals surface area contributed by atoms with Crippen LogP contribution in [0.25, 0.3) is 0 Å². The molecule has 3 rings (SSSR count). The number of carbonyl (C=O) groups excluding carboxylic acids is 2. The van der Waals surface area contributed by atoms with Crippen LogP contribution in [-0.2, 0) is 37.1 Å². The van der Waals surface area contributed by atoms with Gasteiger partial charge in [-0.3, -0.25) is 9.59 Å². The minimum Gasteiger partial charge on any atom is -0.293 e. The second-order valence-electron chi connectivity index (χ2n) is 9.59. The Labute approximate surface area is 248 Å². The summed E-state index contributed by atoms with van der Waals surface area (Å²) in [6.07, 6.45) is -34.4. The van der Waals surface area contributed by atoms with Crippen molar-refractivity contribution in [1.29, 1.82) is 0 Å². The first kappa shape index (κ1) is 37.2. The summed E-state index contributed by atoms with van der Waals surface area (Å²) in [5, 5.41) is 0. The van der Waals surface area contributed by atoms with Crippen LogP contribution in [-0.4, -0.2) is 11.6 Å². The van der Waals surface area contributed by atoms with Gasteiger partial charge < -0.3 is 0 Å². The molecule has 0 saturated heterocycles. The normalized spacial score (nSPS) is 13.7. The summed E-state index contributed by atoms with van der Waals surface area (Å²) in [7, 11) is 0. The SMILES string of the molecule is O=C(c1cc(C(F)(F)F)cc(C(F)(F)F)c1)C(C(=O)c1cc(C(F)(F)F)cc(C(F)(F)F)c1)c1cc(C(F)(F)F)cc(C(F)(F)F)c1. The largest absolute Gasteiger partial charge is 0.416 e. The van der Waals surface area contributed by atoms with Crippen molar-refractivity contribution in [2.45, 2.75) is 43.0 Å². The van der Waals surface area contributed by atoms with E-state index in [1.165, 1.54) is 0 Å². The maximum absolute atomic E-state index is 13.5. The number of benzene rings is 3. The molecular formula is C27H10F18O2. The first-order chi connectivity index (χ1) is 20.9. The Morgan fingerprint density at radius 1 is 0.340 bits per heavy atom. The van der Waals surface area contributed by atoms with E-state index in [1.807, 2.05) is 0 Å². The molecule has 0 bridgehead atoms. The van der Waals surface area contributed by atoms with Crippen LogP contribution in [0.15, 0.2) is 54.6 Å². The van der Waals surface area contributed by atoms with Crippen LogP contribution in [0.1, 0.15) is 65.6 Å². The van der Waals surface area contributed by atoms with Crippen molar-refractivity contribution < 1.29 is 88.6 Å². The third kappa shape index (κ3) is 8.56. The van der Waals surface area contributed by atoms with Crippen molar-refractivity contribution in [3.63, 3.8) is 0 Å². The molecule has 0 aliphatic heterocycles. The highest BCUT2D eigenvalue weighted by molar-refractivity contribution is 6.20. The van der Waals surface area contributed by atoms with Gasteiger partial charge in [0, 0.05) is 11.1 Å². The Kier molecular flexibility index (Phi) is 9.31. The van der Waals surface area contributed by atoms with Crippen LogP contribution in [0.5, 0.6) is 0 Å². The Morgan fingerprint density at radius 3 is 0.723 bits per heavy atom. The maximum atomic E-state index is 13.5. The number of Topliss-reactive ketones (excluding diaryl/α,β-unsaturated/α-hetero) is 2. The predicted octanol–water partition coefficient (Wildman–Crippen LogP) is 10.6. The van der Waals surface area contributed by atoms with E-state index in [9.17, 15) is 88.6 Å². The molecule has 3 aromatic carbocycles. The number of carbonyl (C=O) groups is 2. The topological polar surface area (TPSA) is 34.1 Å². The van der Waals surface area contributed by atoms with E-state index in [2.05, 4.69) is 0 Å². The van der Waals surface area contributed by atoms with Crippen LogP contribution in [0.2, 0.25) is 0 Å². The summed E-state index contributed by atoms with van der Waals surface area (Å²) in [5.41, 5.74) is -19.2. The van der Waals surface area contributed by atoms with E-state index in [-0.39, 0.29) is 0 Å². The van der Waals surface area contributed by atoms with Gasteiger partial charge in [-0.1, -0.05) is 0 Å². The molecule has 0 unspecified atom stereocenters. The quantitative estimate of drug-likeness (QED) is 0.150. The monoisotopic (exact) mass is 708 g/mol. The van der Waals surface area contributed by atoms with E-state index in [0.717, 1.165) is 0 Å². The molecule has 0 radical (unpaired) electrons. The minimum absolute atomic E-state index is 0.397. The van der Waals surface area contributed by atoms with Gasteiger partial charge in [0.15, 0.2) is 11.6 Å². The van der Waals surface area contributed by atoms with E-state index >= 15 is 0 Å². The zero-order chi connectivity index (χ0) is 36.3. The number of alkyl halides is 18. The van der Waals surface area contributed by atoms with Gasteiger partial charge in [-0.15, -0.1) is 0 Å². The lowest BCUT2D eigenvalue weighted by atomic mass is 9.81. The van der Waals surface area contributed by atoms with Crippen molar-refractivity contribution >= 4 is 11.6 Å². The number of ketones is 2. The van der Waals surface area contributed by atoms with Crippen molar-refractivity contribution in [3.05, 3.63) is 105 Å². The average Bonchev–Trinajstić information content (AvgIpc) is 2.89. The molecule has 0 aromatic heterocycles. The molecule has 0 saturated carbocycles. The maximum Gasteiger partial charge on any atom is 0.416 e. The second-order valence-corrected chi connectivity index (χ2v) is 9.59. The van der Waals surface area contributed by atoms with Crippen LogP contribution in [0.4, 0.5) is 79.0 Å². The highest BCUT2D eigenvalue weighted by Crippen LogP contribution is 2.42. The summed E-state index contributed by atoms with van der Waals surface area (Å²) in [5.74, 6) is -8.33. The van der Waals surface area contributed by atoms with Crippen molar-refractivity contribution in [3.8, 4) is 0 Å². The van der Waals surface area contributed by atoms with Crippen molar-refractivity contribution in [2.24, 2.45) is 0 Å². The summed E-state index contributed by atoms with van der Waals surface area (Å²) in [4.78, 5) is 26.9. The molecule has 0 N–H and O–H groups in total. The molecular weight excluding hydrogens is 698 g/mol. The average molecular weight is 708 g/mol. The Bertz CT molecular complexity index is 1500. The van der Waals surface area contributed by atoms with E-state index in [4.69, 9.17) is 0 Å². The van der Waals surface area contributed by atoms with Crippen LogP contribution in [0, 0.1) is 0 Å². The lowest BCUT2D eigenvalue weighted by Crippen LogP contribution is -2.26. The smallest absolute Gasteiger partial charge is 0.293 e. The molecule has 0 amide bonds. The molecule has 0 fully saturated rings. The third-order valence-electron chi connectivity index (χ3n) is 6.21. The molecule has 256 valence electrons. The van der Waals surface area contributed by atoms with E-state index in [0.29, 0.717) is 0 Å². The van der Waals surface area contributed by atoms with Gasteiger partial charge in [0.25, 0.3) is 0 Å². The molecule has 2 nitrogen and oxygen atoms in total. The molecule has 0 heterocycles. The summed E-state index contributed by atoms with van der Waals surface area (Å²) in [6.45, 7) is 0. The molecule has 47 heavy (non-hydrogen) atoms. The Hall–Kier alpha value is -4.26. The molecule has 0 atom stereocenters. The fraction of sp³-hybridized carbons (Fsp3) is 0.259. The number of rotatable bonds is 5. The summed E-state index contributed by atoms with van der Waals surface area (Å²) < 4.78 is 242. The van der Waals surface area contributed by atoms with Gasteiger partial charge in [-0.05, 0) is 60.2 Å². The van der Waals surface area contributed by atoms with Gasteiger partial charge >= 0.3 is 37.1 Å². The third-order valence-corrected chi connectivity index (χ3v) is 6.21. The van der Waals surface area contributed by atoms with Crippen LogP contribution < -0.4 is 0 Å². The minimum atomic E-state index is -5.76. The van der Waals surface area contributed by atoms with Gasteiger partial charge in [-0.2, -0.15) is 79.0 Å². The second kappa shape index (κ2) is 11.8. The molecule has 0 aliphatic carbocycles. The van der Waals surface area contributed by atoms with E-state index < -0.39 is 159 Å². The zero-order valence-corrected chi connectivity index (χ0v) is 21.9. The number of hydrogen-bond donors (Lipinski definition) is 0. The Balaban J connectivity index is 2.48. The Morgan fingerprint density at radius 2 is 0.532 bits per heavy atom. The number of hydrogen-bond acceptors (Lipinski definition) is 2. The summed E-state index contributed by atoms with van der Waals surface area (Å²) in [6, 6.07) is -4.12. The first-order valence-electron chi connectivity index (χ1n) is 11.9. The number of halogens is 18. The van der Waals surface area contributed by atoms with Gasteiger partial charge in [0.1, 0.15) is 5.92 Å². The van der Waals surface area contributed by atoms with Crippen molar-refractivity contribution in [1.82, 2.24) is 0 Å². The molecule has 0 spiro atoms. The van der Waals surface area contributed by atoms with Gasteiger partial charge in [-0.25, -0.2) is 0 Å². The van der Waals surface area contributed by atoms with Crippen molar-refractivity contribution in [2.75, 3.05) is 0 Å². The van der Waals surface area contributed by atoms with Crippen LogP contribution >= 0.6 is 0 Å². The predicted molar refractivity (Wildman–Crippen MR) is 121 cm³/mol. The van der Waals surface area contributed by atoms with Crippen LogP contribution in [0.3, 0.4) is 0 Å². The fourth-order valence-electron chi connectivity index (χ4n) is 4.10. The highest BCUT2D eigenvalue weighted by Gasteiger charge is 2.44. The molecule has 0 aliphatic rings. The first-order valence-corrected chi connectivity index (χ1v) is 11.9. The standard InChI is InChI=1S/C27H10F18O2/c28-22(29,30)13-1-10(2-14(7-13)23(31,32)33)19(20(46)11-3-15(24(34,35)36)8-16(4-11)25(37,38)39)21(47)12-5-17(26(40,41)42)9-18(6-12)27(43,44)45/h1-9,19H. The summed E-state index contributed by atoms with van der Waals surface area (Å²) >= 11 is 0. The van der Waals surface area contributed by atoms with Gasteiger partial charge in [0.2, 0.25) is 0 Å². The fourth-order valence-corrected chi connectivity index (χ4v) is 4.10. The van der Waals surface area contributed by atoms with E-state index in [1.54, 1.807) is 0 Å². The lowest BCUT2D eigenvalue weighted by molar-refractivity contribution is -0.144. The zero-order valence-electron chi connectivity index (χ0n) is 21.9. The highest BCUT2D eigenvalue weighted by atomic mass is 19.4. The molecule has 3 aromatic rings. The van der Waals surface area contributed by atoms with Gasteiger partial charge in [0.05, 0.1) is 33.4 Å².